The Morgan fingerprint density at radius 1 is 1.44 bits per heavy atom. The van der Waals surface area contributed by atoms with Gasteiger partial charge in [0.1, 0.15) is 0 Å². The van der Waals surface area contributed by atoms with E-state index in [0.29, 0.717) is 11.3 Å². The van der Waals surface area contributed by atoms with Gasteiger partial charge < -0.3 is 15.0 Å². The van der Waals surface area contributed by atoms with Gasteiger partial charge in [-0.05, 0) is 18.6 Å². The Bertz CT molecular complexity index is 652. The van der Waals surface area contributed by atoms with Crippen molar-refractivity contribution in [1.82, 2.24) is 9.55 Å². The van der Waals surface area contributed by atoms with E-state index in [4.69, 9.17) is 10.5 Å². The molecule has 0 aliphatic rings. The van der Waals surface area contributed by atoms with Crippen molar-refractivity contribution < 1.29 is 9.13 Å². The lowest BCUT2D eigenvalue weighted by atomic mass is 10.2. The van der Waals surface area contributed by atoms with Crippen molar-refractivity contribution >= 4 is 5.69 Å². The highest BCUT2D eigenvalue weighted by Crippen LogP contribution is 2.25. The Morgan fingerprint density at radius 3 is 2.89 bits per heavy atom. The molecule has 0 saturated carbocycles. The van der Waals surface area contributed by atoms with E-state index in [9.17, 15) is 9.18 Å². The number of aryl methyl sites for hydroxylation is 2. The van der Waals surface area contributed by atoms with Crippen LogP contribution in [0.25, 0.3) is 0 Å². The largest absolute Gasteiger partial charge is 0.431 e. The zero-order chi connectivity index (χ0) is 13.3. The summed E-state index contributed by atoms with van der Waals surface area (Å²) in [6, 6.07) is 2.58. The molecular weight excluding hydrogens is 237 g/mol. The molecule has 5 nitrogen and oxygen atoms in total. The number of nitrogen functional groups attached to an aromatic ring is 1. The number of hydrogen-bond acceptors (Lipinski definition) is 4. The maximum Gasteiger partial charge on any atom is 0.313 e. The monoisotopic (exact) mass is 249 g/mol. The molecule has 0 radical (unpaired) electrons. The summed E-state index contributed by atoms with van der Waals surface area (Å²) in [7, 11) is 1.56. The number of nitrogens with zero attached hydrogens (tertiary/aromatic N) is 2. The third-order valence-corrected chi connectivity index (χ3v) is 2.51. The highest BCUT2D eigenvalue weighted by Gasteiger charge is 2.11. The number of rotatable bonds is 2. The molecule has 0 fully saturated rings. The molecule has 1 aromatic carbocycles. The molecule has 2 N–H and O–H groups in total. The molecule has 0 saturated heterocycles. The summed E-state index contributed by atoms with van der Waals surface area (Å²) in [4.78, 5) is 15.4. The molecule has 0 bridgehead atoms. The average Bonchev–Trinajstić information content (AvgIpc) is 2.32. The minimum absolute atomic E-state index is 0.0718. The van der Waals surface area contributed by atoms with Crippen molar-refractivity contribution in [2.24, 2.45) is 7.05 Å². The predicted molar refractivity (Wildman–Crippen MR) is 65.1 cm³/mol. The van der Waals surface area contributed by atoms with Gasteiger partial charge in [0.2, 0.25) is 0 Å². The molecule has 0 atom stereocenters. The maximum absolute atomic E-state index is 13.6. The van der Waals surface area contributed by atoms with Gasteiger partial charge in [0, 0.05) is 31.2 Å². The summed E-state index contributed by atoms with van der Waals surface area (Å²) in [5.74, 6) is -0.883. The molecule has 6 heteroatoms. The summed E-state index contributed by atoms with van der Waals surface area (Å²) in [6.07, 6.45) is 2.89. The number of hydrogen-bond donors (Lipinski definition) is 1. The normalized spacial score (nSPS) is 10.4. The van der Waals surface area contributed by atoms with Crippen LogP contribution in [0.2, 0.25) is 0 Å². The number of anilines is 1. The fourth-order valence-corrected chi connectivity index (χ4v) is 1.40. The van der Waals surface area contributed by atoms with Gasteiger partial charge in [-0.1, -0.05) is 0 Å². The van der Waals surface area contributed by atoms with E-state index in [1.165, 1.54) is 23.0 Å². The van der Waals surface area contributed by atoms with Crippen LogP contribution in [-0.2, 0) is 7.05 Å². The number of ether oxygens (including phenoxy) is 1. The summed E-state index contributed by atoms with van der Waals surface area (Å²) in [5.41, 5.74) is 6.11. The standard InChI is InChI=1S/C12H12FN3O2/c1-7-5-10(8(13)6-9(7)14)18-11-12(17)16(2)4-3-15-11/h3-6H,14H2,1-2H3. The molecule has 0 spiro atoms. The molecule has 1 heterocycles. The molecule has 94 valence electrons. The Morgan fingerprint density at radius 2 is 2.17 bits per heavy atom. The van der Waals surface area contributed by atoms with Crippen molar-refractivity contribution in [3.05, 3.63) is 46.3 Å². The Hall–Kier alpha value is -2.37. The van der Waals surface area contributed by atoms with Gasteiger partial charge in [-0.25, -0.2) is 9.37 Å². The second-order valence-electron chi connectivity index (χ2n) is 3.89. The van der Waals surface area contributed by atoms with E-state index in [1.54, 1.807) is 14.0 Å². The minimum Gasteiger partial charge on any atom is -0.431 e. The quantitative estimate of drug-likeness (QED) is 0.821. The van der Waals surface area contributed by atoms with Crippen molar-refractivity contribution in [2.45, 2.75) is 6.92 Å². The average molecular weight is 249 g/mol. The van der Waals surface area contributed by atoms with Gasteiger partial charge in [0.05, 0.1) is 0 Å². The number of aromatic nitrogens is 2. The molecule has 0 unspecified atom stereocenters. The molecule has 2 aromatic rings. The first-order valence-corrected chi connectivity index (χ1v) is 5.24. The molecule has 18 heavy (non-hydrogen) atoms. The summed E-state index contributed by atoms with van der Waals surface area (Å²) < 4.78 is 20.1. The van der Waals surface area contributed by atoms with Crippen LogP contribution in [0.5, 0.6) is 11.6 Å². The molecule has 0 aliphatic carbocycles. The Balaban J connectivity index is 2.43. The molecule has 1 aromatic heterocycles. The van der Waals surface area contributed by atoms with Gasteiger partial charge in [-0.3, -0.25) is 4.79 Å². The predicted octanol–water partition coefficient (Wildman–Crippen LogP) is 1.60. The van der Waals surface area contributed by atoms with Crippen molar-refractivity contribution in [3.8, 4) is 11.6 Å². The van der Waals surface area contributed by atoms with Crippen LogP contribution in [-0.4, -0.2) is 9.55 Å². The maximum atomic E-state index is 13.6. The SMILES string of the molecule is Cc1cc(Oc2nccn(C)c2=O)c(F)cc1N. The summed E-state index contributed by atoms with van der Waals surface area (Å²) >= 11 is 0. The molecule has 0 aliphatic heterocycles. The minimum atomic E-state index is -0.634. The van der Waals surface area contributed by atoms with Crippen LogP contribution in [0, 0.1) is 12.7 Å². The third-order valence-electron chi connectivity index (χ3n) is 2.51. The van der Waals surface area contributed by atoms with Crippen LogP contribution >= 0.6 is 0 Å². The fourth-order valence-electron chi connectivity index (χ4n) is 1.40. The Kier molecular flexibility index (Phi) is 3.01. The first-order chi connectivity index (χ1) is 8.49. The van der Waals surface area contributed by atoms with Crippen LogP contribution in [0.3, 0.4) is 0 Å². The first-order valence-electron chi connectivity index (χ1n) is 5.24. The summed E-state index contributed by atoms with van der Waals surface area (Å²) in [6.45, 7) is 1.72. The van der Waals surface area contributed by atoms with Crippen LogP contribution in [0.4, 0.5) is 10.1 Å². The number of halogens is 1. The van der Waals surface area contributed by atoms with E-state index >= 15 is 0 Å². The van der Waals surface area contributed by atoms with Crippen molar-refractivity contribution in [2.75, 3.05) is 5.73 Å². The fraction of sp³-hybridized carbons (Fsp3) is 0.167. The highest BCUT2D eigenvalue weighted by molar-refractivity contribution is 5.50. The van der Waals surface area contributed by atoms with E-state index in [0.717, 1.165) is 6.07 Å². The van der Waals surface area contributed by atoms with E-state index in [1.807, 2.05) is 0 Å². The second-order valence-corrected chi connectivity index (χ2v) is 3.89. The lowest BCUT2D eigenvalue weighted by Crippen LogP contribution is -2.18. The van der Waals surface area contributed by atoms with Gasteiger partial charge in [0.25, 0.3) is 5.88 Å². The molecule has 0 amide bonds. The highest BCUT2D eigenvalue weighted by atomic mass is 19.1. The van der Waals surface area contributed by atoms with Crippen molar-refractivity contribution in [1.29, 1.82) is 0 Å². The zero-order valence-corrected chi connectivity index (χ0v) is 9.98. The number of benzene rings is 1. The van der Waals surface area contributed by atoms with Gasteiger partial charge >= 0.3 is 5.56 Å². The van der Waals surface area contributed by atoms with E-state index in [-0.39, 0.29) is 11.6 Å². The lowest BCUT2D eigenvalue weighted by Gasteiger charge is -2.08. The first kappa shape index (κ1) is 12.1. The third kappa shape index (κ3) is 2.17. The smallest absolute Gasteiger partial charge is 0.313 e. The van der Waals surface area contributed by atoms with E-state index < -0.39 is 11.4 Å². The Labute approximate surface area is 103 Å². The zero-order valence-electron chi connectivity index (χ0n) is 9.98. The van der Waals surface area contributed by atoms with Crippen LogP contribution < -0.4 is 16.0 Å². The topological polar surface area (TPSA) is 70.1 Å². The van der Waals surface area contributed by atoms with Gasteiger partial charge in [0.15, 0.2) is 11.6 Å². The number of nitrogens with two attached hydrogens (primary N) is 1. The van der Waals surface area contributed by atoms with Gasteiger partial charge in [-0.15, -0.1) is 0 Å². The molecular formula is C12H12FN3O2. The van der Waals surface area contributed by atoms with Gasteiger partial charge in [-0.2, -0.15) is 0 Å². The van der Waals surface area contributed by atoms with E-state index in [2.05, 4.69) is 4.98 Å². The van der Waals surface area contributed by atoms with Crippen molar-refractivity contribution in [3.63, 3.8) is 0 Å². The second kappa shape index (κ2) is 4.48. The van der Waals surface area contributed by atoms with Crippen LogP contribution in [0.1, 0.15) is 5.56 Å². The van der Waals surface area contributed by atoms with Crippen LogP contribution in [0.15, 0.2) is 29.3 Å². The molecule has 2 rings (SSSR count). The summed E-state index contributed by atoms with van der Waals surface area (Å²) in [5, 5.41) is 0. The lowest BCUT2D eigenvalue weighted by molar-refractivity contribution is 0.417.